The van der Waals surface area contributed by atoms with E-state index in [0.717, 1.165) is 5.56 Å². The van der Waals surface area contributed by atoms with Crippen molar-refractivity contribution in [2.24, 2.45) is 4.99 Å². The van der Waals surface area contributed by atoms with Crippen molar-refractivity contribution in [2.75, 3.05) is 0 Å². The van der Waals surface area contributed by atoms with E-state index in [1.807, 2.05) is 36.4 Å². The molecule has 0 saturated heterocycles. The second-order valence-electron chi connectivity index (χ2n) is 4.99. The third-order valence-corrected chi connectivity index (χ3v) is 3.37. The Kier molecular flexibility index (Phi) is 3.96. The minimum atomic E-state index is -0.506. The largest absolute Gasteiger partial charge is 0.294 e. The summed E-state index contributed by atoms with van der Waals surface area (Å²) < 4.78 is 0. The normalized spacial score (nSPS) is 16.8. The van der Waals surface area contributed by atoms with E-state index in [1.165, 1.54) is 0 Å². The molecule has 5 nitrogen and oxygen atoms in total. The van der Waals surface area contributed by atoms with Gasteiger partial charge in [-0.3, -0.25) is 20.2 Å². The Labute approximate surface area is 128 Å². The van der Waals surface area contributed by atoms with E-state index in [0.29, 0.717) is 12.0 Å². The maximum atomic E-state index is 12.0. The molecule has 0 spiro atoms. The number of amides is 2. The summed E-state index contributed by atoms with van der Waals surface area (Å²) >= 11 is 0. The molecule has 0 saturated carbocycles. The number of carbonyl (C=O) groups is 2. The Balaban J connectivity index is 1.67. The van der Waals surface area contributed by atoms with E-state index in [-0.39, 0.29) is 17.8 Å². The van der Waals surface area contributed by atoms with Gasteiger partial charge in [-0.1, -0.05) is 48.5 Å². The average molecular weight is 293 g/mol. The third kappa shape index (κ3) is 3.20. The molecule has 0 unspecified atom stereocenters. The summed E-state index contributed by atoms with van der Waals surface area (Å²) in [6, 6.07) is 18.0. The molecule has 22 heavy (non-hydrogen) atoms. The van der Waals surface area contributed by atoms with E-state index >= 15 is 0 Å². The fraction of sp³-hybridized carbons (Fsp3) is 0.118. The average Bonchev–Trinajstić information content (AvgIpc) is 2.88. The van der Waals surface area contributed by atoms with Crippen LogP contribution < -0.4 is 10.6 Å². The molecular weight excluding hydrogens is 278 g/mol. The van der Waals surface area contributed by atoms with Crippen LogP contribution >= 0.6 is 0 Å². The van der Waals surface area contributed by atoms with Crippen molar-refractivity contribution in [3.05, 3.63) is 71.8 Å². The van der Waals surface area contributed by atoms with Gasteiger partial charge >= 0.3 is 0 Å². The van der Waals surface area contributed by atoms with Gasteiger partial charge in [0.25, 0.3) is 11.8 Å². The van der Waals surface area contributed by atoms with Gasteiger partial charge in [-0.05, 0) is 17.7 Å². The first kappa shape index (κ1) is 14.0. The molecule has 0 aromatic heterocycles. The third-order valence-electron chi connectivity index (χ3n) is 3.37. The zero-order chi connectivity index (χ0) is 15.4. The fourth-order valence-electron chi connectivity index (χ4n) is 2.26. The minimum absolute atomic E-state index is 0.202. The molecule has 110 valence electrons. The van der Waals surface area contributed by atoms with E-state index in [1.54, 1.807) is 24.3 Å². The SMILES string of the molecule is O=C(NC1=N[C@@H](Cc2ccccc2)C(=O)N1)c1ccccc1. The number of hydrogen-bond acceptors (Lipinski definition) is 3. The molecule has 5 heteroatoms. The first-order valence-electron chi connectivity index (χ1n) is 7.01. The van der Waals surface area contributed by atoms with Gasteiger partial charge in [0, 0.05) is 12.0 Å². The molecule has 1 aliphatic heterocycles. The molecule has 0 bridgehead atoms. The van der Waals surface area contributed by atoms with E-state index in [9.17, 15) is 9.59 Å². The highest BCUT2D eigenvalue weighted by atomic mass is 16.2. The van der Waals surface area contributed by atoms with Crippen LogP contribution in [0.5, 0.6) is 0 Å². The smallest absolute Gasteiger partial charge is 0.257 e. The summed E-state index contributed by atoms with van der Waals surface area (Å²) in [4.78, 5) is 28.2. The Morgan fingerprint density at radius 2 is 1.68 bits per heavy atom. The van der Waals surface area contributed by atoms with Crippen LogP contribution in [0.2, 0.25) is 0 Å². The van der Waals surface area contributed by atoms with Crippen molar-refractivity contribution in [2.45, 2.75) is 12.5 Å². The number of guanidine groups is 1. The van der Waals surface area contributed by atoms with Crippen LogP contribution in [0.3, 0.4) is 0 Å². The zero-order valence-corrected chi connectivity index (χ0v) is 11.8. The molecule has 0 aliphatic carbocycles. The van der Waals surface area contributed by atoms with E-state index in [4.69, 9.17) is 0 Å². The van der Waals surface area contributed by atoms with Gasteiger partial charge in [0.15, 0.2) is 0 Å². The molecular formula is C17H15N3O2. The van der Waals surface area contributed by atoms with Gasteiger partial charge in [-0.15, -0.1) is 0 Å². The number of carbonyl (C=O) groups excluding carboxylic acids is 2. The van der Waals surface area contributed by atoms with Crippen LogP contribution in [0, 0.1) is 0 Å². The molecule has 1 atom stereocenters. The van der Waals surface area contributed by atoms with Crippen molar-refractivity contribution in [3.8, 4) is 0 Å². The summed E-state index contributed by atoms with van der Waals surface area (Å²) in [5.41, 5.74) is 1.55. The summed E-state index contributed by atoms with van der Waals surface area (Å²) in [7, 11) is 0. The summed E-state index contributed by atoms with van der Waals surface area (Å²) in [5, 5.41) is 5.22. The monoisotopic (exact) mass is 293 g/mol. The standard InChI is InChI=1S/C17H15N3O2/c21-15(13-9-5-2-6-10-13)19-17-18-14(16(22)20-17)11-12-7-3-1-4-8-12/h1-10,14H,11H2,(H2,18,19,20,21,22)/t14-/m0/s1. The van der Waals surface area contributed by atoms with Crippen LogP contribution in [0.4, 0.5) is 0 Å². The highest BCUT2D eigenvalue weighted by Crippen LogP contribution is 2.09. The highest BCUT2D eigenvalue weighted by Gasteiger charge is 2.27. The zero-order valence-electron chi connectivity index (χ0n) is 11.8. The molecule has 1 aliphatic rings. The predicted molar refractivity (Wildman–Crippen MR) is 83.4 cm³/mol. The van der Waals surface area contributed by atoms with E-state index in [2.05, 4.69) is 15.6 Å². The Hall–Kier alpha value is -2.95. The van der Waals surface area contributed by atoms with Gasteiger partial charge in [0.2, 0.25) is 5.96 Å². The van der Waals surface area contributed by atoms with Crippen LogP contribution in [-0.4, -0.2) is 23.8 Å². The Morgan fingerprint density at radius 3 is 2.36 bits per heavy atom. The Morgan fingerprint density at radius 1 is 1.05 bits per heavy atom. The highest BCUT2D eigenvalue weighted by molar-refractivity contribution is 6.13. The minimum Gasteiger partial charge on any atom is -0.294 e. The predicted octanol–water partition coefficient (Wildman–Crippen LogP) is 1.51. The first-order valence-corrected chi connectivity index (χ1v) is 7.01. The lowest BCUT2D eigenvalue weighted by Gasteiger charge is -2.03. The fourth-order valence-corrected chi connectivity index (χ4v) is 2.26. The van der Waals surface area contributed by atoms with Crippen molar-refractivity contribution >= 4 is 17.8 Å². The molecule has 0 radical (unpaired) electrons. The lowest BCUT2D eigenvalue weighted by Crippen LogP contribution is -2.40. The molecule has 2 N–H and O–H groups in total. The van der Waals surface area contributed by atoms with E-state index < -0.39 is 6.04 Å². The van der Waals surface area contributed by atoms with Gasteiger partial charge in [0.05, 0.1) is 0 Å². The maximum absolute atomic E-state index is 12.0. The summed E-state index contributed by atoms with van der Waals surface area (Å²) in [6.45, 7) is 0. The van der Waals surface area contributed by atoms with Crippen molar-refractivity contribution in [3.63, 3.8) is 0 Å². The van der Waals surface area contributed by atoms with Gasteiger partial charge in [-0.25, -0.2) is 4.99 Å². The quantitative estimate of drug-likeness (QED) is 0.900. The number of hydrogen-bond donors (Lipinski definition) is 2. The summed E-state index contributed by atoms with van der Waals surface area (Å²) in [5.74, 6) is -0.285. The molecule has 2 aromatic carbocycles. The Bertz CT molecular complexity index is 711. The topological polar surface area (TPSA) is 70.6 Å². The van der Waals surface area contributed by atoms with Crippen LogP contribution in [-0.2, 0) is 11.2 Å². The van der Waals surface area contributed by atoms with Crippen LogP contribution in [0.15, 0.2) is 65.7 Å². The molecule has 0 fully saturated rings. The van der Waals surface area contributed by atoms with Crippen molar-refractivity contribution < 1.29 is 9.59 Å². The lowest BCUT2D eigenvalue weighted by atomic mass is 10.1. The number of benzene rings is 2. The van der Waals surface area contributed by atoms with Gasteiger partial charge in [-0.2, -0.15) is 0 Å². The van der Waals surface area contributed by atoms with Gasteiger partial charge < -0.3 is 0 Å². The summed E-state index contributed by atoms with van der Waals surface area (Å²) in [6.07, 6.45) is 0.511. The van der Waals surface area contributed by atoms with Crippen LogP contribution in [0.25, 0.3) is 0 Å². The maximum Gasteiger partial charge on any atom is 0.257 e. The number of aliphatic imine (C=N–C) groups is 1. The molecule has 1 heterocycles. The van der Waals surface area contributed by atoms with Gasteiger partial charge in [0.1, 0.15) is 6.04 Å². The number of nitrogens with zero attached hydrogens (tertiary/aromatic N) is 1. The number of nitrogens with one attached hydrogen (secondary N) is 2. The molecule has 2 amide bonds. The van der Waals surface area contributed by atoms with Crippen LogP contribution in [0.1, 0.15) is 15.9 Å². The molecule has 3 rings (SSSR count). The second kappa shape index (κ2) is 6.22. The van der Waals surface area contributed by atoms with Crippen molar-refractivity contribution in [1.82, 2.24) is 10.6 Å². The number of rotatable bonds is 3. The lowest BCUT2D eigenvalue weighted by molar-refractivity contribution is -0.120. The molecule has 2 aromatic rings. The van der Waals surface area contributed by atoms with Crippen molar-refractivity contribution in [1.29, 1.82) is 0 Å². The second-order valence-corrected chi connectivity index (χ2v) is 4.99. The first-order chi connectivity index (χ1) is 10.7.